The summed E-state index contributed by atoms with van der Waals surface area (Å²) >= 11 is 0. The van der Waals surface area contributed by atoms with Gasteiger partial charge in [0.15, 0.2) is 0 Å². The van der Waals surface area contributed by atoms with Crippen LogP contribution < -0.4 is 16.0 Å². The number of carbonyl (C=O) groups is 4. The van der Waals surface area contributed by atoms with Gasteiger partial charge in [0.2, 0.25) is 11.8 Å². The molecule has 1 heterocycles. The van der Waals surface area contributed by atoms with Gasteiger partial charge in [-0.3, -0.25) is 14.4 Å². The van der Waals surface area contributed by atoms with Crippen LogP contribution in [-0.2, 0) is 23.9 Å². The Labute approximate surface area is 202 Å². The second-order valence-corrected chi connectivity index (χ2v) is 8.44. The molecule has 3 atom stereocenters. The molecule has 0 bridgehead atoms. The molecule has 0 saturated carbocycles. The summed E-state index contributed by atoms with van der Waals surface area (Å²) in [6.07, 6.45) is -1.49. The third kappa shape index (κ3) is 5.12. The van der Waals surface area contributed by atoms with Crippen LogP contribution in [0, 0.1) is 5.92 Å². The molecule has 3 unspecified atom stereocenters. The first-order valence-electron chi connectivity index (χ1n) is 11.3. The number of aliphatic carboxylic acids is 1. The number of alkyl carbamates (subject to hydrolysis) is 1. The fraction of sp³-hybridized carbons (Fsp3) is 0.360. The van der Waals surface area contributed by atoms with Crippen LogP contribution in [0.25, 0.3) is 11.1 Å². The van der Waals surface area contributed by atoms with E-state index in [1.54, 1.807) is 0 Å². The van der Waals surface area contributed by atoms with E-state index in [0.29, 0.717) is 0 Å². The van der Waals surface area contributed by atoms with Gasteiger partial charge in [0.25, 0.3) is 0 Å². The molecule has 10 heteroatoms. The first-order valence-corrected chi connectivity index (χ1v) is 11.3. The average molecular weight is 482 g/mol. The molecule has 1 aliphatic heterocycles. The molecule has 1 saturated heterocycles. The summed E-state index contributed by atoms with van der Waals surface area (Å²) < 4.78 is 10.6. The Morgan fingerprint density at radius 2 is 1.71 bits per heavy atom. The number of rotatable bonds is 9. The van der Waals surface area contributed by atoms with E-state index in [1.807, 2.05) is 36.4 Å². The number of carboxylic acids is 1. The van der Waals surface area contributed by atoms with Gasteiger partial charge in [0.05, 0.1) is 0 Å². The fourth-order valence-electron chi connectivity index (χ4n) is 4.57. The molecule has 10 nitrogen and oxygen atoms in total. The Hall–Kier alpha value is -3.92. The van der Waals surface area contributed by atoms with E-state index in [1.165, 1.54) is 7.11 Å². The number of ether oxygens (including phenoxy) is 2. The summed E-state index contributed by atoms with van der Waals surface area (Å²) in [6, 6.07) is 14.9. The van der Waals surface area contributed by atoms with Crippen LogP contribution in [-0.4, -0.2) is 67.9 Å². The first-order chi connectivity index (χ1) is 16.9. The number of benzene rings is 2. The smallest absolute Gasteiger partial charge is 0.407 e. The van der Waals surface area contributed by atoms with Gasteiger partial charge in [-0.25, -0.2) is 4.79 Å². The Morgan fingerprint density at radius 1 is 1.09 bits per heavy atom. The highest BCUT2D eigenvalue weighted by Crippen LogP contribution is 2.44. The Kier molecular flexibility index (Phi) is 7.31. The molecule has 4 N–H and O–H groups in total. The molecule has 35 heavy (non-hydrogen) atoms. The Bertz CT molecular complexity index is 1090. The SMILES string of the molecule is COC(CCNC(=O)OCC1c2ccccc2-c2ccccc21)C(=O)NC1C(=O)NCC1C(=O)O. The minimum absolute atomic E-state index is 0.0555. The molecule has 0 aromatic heterocycles. The second kappa shape index (κ2) is 10.6. The van der Waals surface area contributed by atoms with Gasteiger partial charge in [-0.05, 0) is 22.3 Å². The van der Waals surface area contributed by atoms with Crippen molar-refractivity contribution in [3.8, 4) is 11.1 Å². The molecule has 2 aromatic carbocycles. The van der Waals surface area contributed by atoms with Gasteiger partial charge in [0, 0.05) is 32.5 Å². The zero-order valence-corrected chi connectivity index (χ0v) is 19.2. The van der Waals surface area contributed by atoms with E-state index >= 15 is 0 Å². The van der Waals surface area contributed by atoms with E-state index in [-0.39, 0.29) is 32.0 Å². The first kappa shape index (κ1) is 24.2. The molecule has 2 aromatic rings. The van der Waals surface area contributed by atoms with E-state index in [2.05, 4.69) is 28.1 Å². The Morgan fingerprint density at radius 3 is 2.31 bits per heavy atom. The molecule has 2 aliphatic rings. The van der Waals surface area contributed by atoms with Gasteiger partial charge in [-0.2, -0.15) is 0 Å². The van der Waals surface area contributed by atoms with E-state index in [0.717, 1.165) is 22.3 Å². The molecule has 3 amide bonds. The van der Waals surface area contributed by atoms with Crippen molar-refractivity contribution in [1.82, 2.24) is 16.0 Å². The maximum atomic E-state index is 12.5. The van der Waals surface area contributed by atoms with Crippen LogP contribution in [0.5, 0.6) is 0 Å². The van der Waals surface area contributed by atoms with Crippen molar-refractivity contribution >= 4 is 23.9 Å². The summed E-state index contributed by atoms with van der Waals surface area (Å²) in [5.74, 6) is -3.49. The van der Waals surface area contributed by atoms with Crippen molar-refractivity contribution in [2.24, 2.45) is 5.92 Å². The summed E-state index contributed by atoms with van der Waals surface area (Å²) in [5, 5.41) is 16.7. The number of hydrogen-bond acceptors (Lipinski definition) is 6. The third-order valence-electron chi connectivity index (χ3n) is 6.39. The van der Waals surface area contributed by atoms with Crippen molar-refractivity contribution in [3.63, 3.8) is 0 Å². The number of nitrogens with one attached hydrogen (secondary N) is 3. The minimum atomic E-state index is -1.18. The lowest BCUT2D eigenvalue weighted by atomic mass is 9.98. The zero-order chi connectivity index (χ0) is 24.9. The number of amides is 3. The monoisotopic (exact) mass is 481 g/mol. The van der Waals surface area contributed by atoms with Crippen LogP contribution in [0.1, 0.15) is 23.5 Å². The van der Waals surface area contributed by atoms with Crippen molar-refractivity contribution in [3.05, 3.63) is 59.7 Å². The van der Waals surface area contributed by atoms with Gasteiger partial charge in [-0.1, -0.05) is 48.5 Å². The van der Waals surface area contributed by atoms with Gasteiger partial charge < -0.3 is 30.5 Å². The van der Waals surface area contributed by atoms with Crippen LogP contribution in [0.2, 0.25) is 0 Å². The molecular weight excluding hydrogens is 454 g/mol. The lowest BCUT2D eigenvalue weighted by Gasteiger charge is -2.20. The molecular formula is C25H27N3O7. The third-order valence-corrected chi connectivity index (χ3v) is 6.39. The van der Waals surface area contributed by atoms with Gasteiger partial charge in [-0.15, -0.1) is 0 Å². The predicted molar refractivity (Wildman–Crippen MR) is 125 cm³/mol. The van der Waals surface area contributed by atoms with Crippen molar-refractivity contribution < 1.29 is 33.8 Å². The predicted octanol–water partition coefficient (Wildman–Crippen LogP) is 1.25. The van der Waals surface area contributed by atoms with E-state index in [9.17, 15) is 24.3 Å². The molecule has 1 aliphatic carbocycles. The topological polar surface area (TPSA) is 143 Å². The highest BCUT2D eigenvalue weighted by atomic mass is 16.5. The lowest BCUT2D eigenvalue weighted by Crippen LogP contribution is -2.50. The maximum Gasteiger partial charge on any atom is 0.407 e. The van der Waals surface area contributed by atoms with Crippen molar-refractivity contribution in [2.75, 3.05) is 26.8 Å². The summed E-state index contributed by atoms with van der Waals surface area (Å²) in [6.45, 7) is 0.198. The second-order valence-electron chi connectivity index (χ2n) is 8.44. The highest BCUT2D eigenvalue weighted by Gasteiger charge is 2.41. The van der Waals surface area contributed by atoms with Gasteiger partial charge in [0.1, 0.15) is 24.7 Å². The summed E-state index contributed by atoms with van der Waals surface area (Å²) in [7, 11) is 1.32. The van der Waals surface area contributed by atoms with Crippen molar-refractivity contribution in [2.45, 2.75) is 24.5 Å². The van der Waals surface area contributed by atoms with E-state index < -0.39 is 41.9 Å². The number of fused-ring (bicyclic) bond motifs is 3. The number of methoxy groups -OCH3 is 1. The molecule has 1 fully saturated rings. The van der Waals surface area contributed by atoms with Crippen LogP contribution in [0.3, 0.4) is 0 Å². The highest BCUT2D eigenvalue weighted by molar-refractivity contribution is 5.95. The Balaban J connectivity index is 1.26. The van der Waals surface area contributed by atoms with Crippen molar-refractivity contribution in [1.29, 1.82) is 0 Å². The maximum absolute atomic E-state index is 12.5. The molecule has 184 valence electrons. The number of hydrogen-bond donors (Lipinski definition) is 4. The lowest BCUT2D eigenvalue weighted by molar-refractivity contribution is -0.144. The van der Waals surface area contributed by atoms with E-state index in [4.69, 9.17) is 9.47 Å². The quantitative estimate of drug-likeness (QED) is 0.422. The van der Waals surface area contributed by atoms with Crippen LogP contribution >= 0.6 is 0 Å². The number of carboxylic acid groups (broad SMARTS) is 1. The number of carbonyl (C=O) groups excluding carboxylic acids is 3. The van der Waals surface area contributed by atoms with Crippen LogP contribution in [0.4, 0.5) is 4.79 Å². The molecule has 0 spiro atoms. The average Bonchev–Trinajstić information content (AvgIpc) is 3.38. The largest absolute Gasteiger partial charge is 0.481 e. The normalized spacial score (nSPS) is 19.3. The zero-order valence-electron chi connectivity index (χ0n) is 19.2. The molecule has 0 radical (unpaired) electrons. The standard InChI is InChI=1S/C25H27N3O7/c1-34-20(22(29)28-21-18(24(31)32)12-27-23(21)30)10-11-26-25(33)35-13-19-16-8-4-2-6-14(16)15-7-3-5-9-17(15)19/h2-9,18-21H,10-13H2,1H3,(H,26,33)(H,27,30)(H,28,29)(H,31,32). The molecule has 4 rings (SSSR count). The van der Waals surface area contributed by atoms with Gasteiger partial charge >= 0.3 is 12.1 Å². The minimum Gasteiger partial charge on any atom is -0.481 e. The van der Waals surface area contributed by atoms with Crippen LogP contribution in [0.15, 0.2) is 48.5 Å². The fourth-order valence-corrected chi connectivity index (χ4v) is 4.57. The summed E-state index contributed by atoms with van der Waals surface area (Å²) in [4.78, 5) is 48.0. The summed E-state index contributed by atoms with van der Waals surface area (Å²) in [5.41, 5.74) is 4.47.